The van der Waals surface area contributed by atoms with Gasteiger partial charge in [0.1, 0.15) is 0 Å². The highest BCUT2D eigenvalue weighted by atomic mass is 16.3. The summed E-state index contributed by atoms with van der Waals surface area (Å²) in [5, 5.41) is 11.7. The molecule has 0 aromatic heterocycles. The molecule has 4 nitrogen and oxygen atoms in total. The second-order valence-electron chi connectivity index (χ2n) is 5.11. The summed E-state index contributed by atoms with van der Waals surface area (Å²) in [5.41, 5.74) is 2.92. The molecule has 0 heterocycles. The summed E-state index contributed by atoms with van der Waals surface area (Å²) >= 11 is 0. The number of rotatable bonds is 7. The van der Waals surface area contributed by atoms with E-state index in [9.17, 15) is 4.79 Å². The first kappa shape index (κ1) is 16.0. The average Bonchev–Trinajstić information content (AvgIpc) is 2.59. The summed E-state index contributed by atoms with van der Waals surface area (Å²) < 4.78 is 0. The highest BCUT2D eigenvalue weighted by Crippen LogP contribution is 2.17. The van der Waals surface area contributed by atoms with Crippen LogP contribution in [0.5, 0.6) is 0 Å². The van der Waals surface area contributed by atoms with Crippen LogP contribution < -0.4 is 10.2 Å². The van der Waals surface area contributed by atoms with Gasteiger partial charge in [0.05, 0.1) is 0 Å². The fraction of sp³-hybridized carbons (Fsp3) is 0.278. The van der Waals surface area contributed by atoms with Crippen molar-refractivity contribution in [2.75, 3.05) is 25.1 Å². The lowest BCUT2D eigenvalue weighted by molar-refractivity contribution is 0.0963. The molecule has 0 aliphatic heterocycles. The first-order valence-corrected chi connectivity index (χ1v) is 7.46. The number of nitrogens with zero attached hydrogens (tertiary/aromatic N) is 1. The molecule has 0 atom stereocenters. The van der Waals surface area contributed by atoms with Gasteiger partial charge in [0.25, 0.3) is 5.91 Å². The molecule has 0 aliphatic carbocycles. The molecule has 0 fully saturated rings. The van der Waals surface area contributed by atoms with Crippen molar-refractivity contribution in [1.82, 2.24) is 5.32 Å². The molecule has 1 amide bonds. The second kappa shape index (κ2) is 8.20. The molecule has 0 aliphatic rings. The van der Waals surface area contributed by atoms with E-state index in [0.29, 0.717) is 5.56 Å². The van der Waals surface area contributed by atoms with Crippen molar-refractivity contribution in [2.24, 2.45) is 0 Å². The number of carbonyl (C=O) groups is 1. The molecule has 2 aromatic rings. The fourth-order valence-electron chi connectivity index (χ4n) is 2.33. The lowest BCUT2D eigenvalue weighted by Gasteiger charge is -2.25. The van der Waals surface area contributed by atoms with E-state index in [0.717, 1.165) is 30.8 Å². The van der Waals surface area contributed by atoms with Gasteiger partial charge in [-0.2, -0.15) is 0 Å². The minimum Gasteiger partial charge on any atom is -0.396 e. The Balaban J connectivity index is 2.11. The first-order valence-electron chi connectivity index (χ1n) is 7.46. The van der Waals surface area contributed by atoms with Crippen LogP contribution in [0.4, 0.5) is 5.69 Å². The number of benzene rings is 2. The predicted octanol–water partition coefficient (Wildman–Crippen LogP) is 2.44. The Morgan fingerprint density at radius 2 is 1.77 bits per heavy atom. The van der Waals surface area contributed by atoms with Crippen molar-refractivity contribution in [3.8, 4) is 0 Å². The van der Waals surface area contributed by atoms with Crippen LogP contribution in [0.15, 0.2) is 54.6 Å². The zero-order chi connectivity index (χ0) is 15.8. The lowest BCUT2D eigenvalue weighted by Crippen LogP contribution is -2.24. The van der Waals surface area contributed by atoms with Crippen LogP contribution in [0, 0.1) is 0 Å². The maximum Gasteiger partial charge on any atom is 0.251 e. The number of hydrogen-bond donors (Lipinski definition) is 2. The lowest BCUT2D eigenvalue weighted by atomic mass is 10.1. The summed E-state index contributed by atoms with van der Waals surface area (Å²) in [6.45, 7) is 1.72. The van der Waals surface area contributed by atoms with Crippen molar-refractivity contribution < 1.29 is 9.90 Å². The van der Waals surface area contributed by atoms with Crippen LogP contribution in [0.3, 0.4) is 0 Å². The van der Waals surface area contributed by atoms with Crippen LogP contribution in [0.25, 0.3) is 0 Å². The van der Waals surface area contributed by atoms with Crippen LogP contribution in [-0.4, -0.2) is 31.2 Å². The average molecular weight is 298 g/mol. The molecule has 0 radical (unpaired) electrons. The highest BCUT2D eigenvalue weighted by molar-refractivity contribution is 5.93. The highest BCUT2D eigenvalue weighted by Gasteiger charge is 2.08. The van der Waals surface area contributed by atoms with Crippen LogP contribution in [-0.2, 0) is 6.54 Å². The number of aliphatic hydroxyl groups is 1. The van der Waals surface area contributed by atoms with Gasteiger partial charge in [-0.3, -0.25) is 4.79 Å². The third kappa shape index (κ3) is 4.33. The van der Waals surface area contributed by atoms with Gasteiger partial charge in [0, 0.05) is 38.0 Å². The summed E-state index contributed by atoms with van der Waals surface area (Å²) in [5.74, 6) is -0.0771. The van der Waals surface area contributed by atoms with E-state index in [1.807, 2.05) is 42.5 Å². The summed E-state index contributed by atoms with van der Waals surface area (Å²) in [7, 11) is 1.63. The predicted molar refractivity (Wildman–Crippen MR) is 89.0 cm³/mol. The quantitative estimate of drug-likeness (QED) is 0.825. The summed E-state index contributed by atoms with van der Waals surface area (Å²) in [4.78, 5) is 13.8. The molecule has 22 heavy (non-hydrogen) atoms. The van der Waals surface area contributed by atoms with Crippen molar-refractivity contribution in [2.45, 2.75) is 13.0 Å². The monoisotopic (exact) mass is 298 g/mol. The Morgan fingerprint density at radius 1 is 1.09 bits per heavy atom. The molecule has 0 bridgehead atoms. The Hall–Kier alpha value is -2.33. The molecule has 4 heteroatoms. The van der Waals surface area contributed by atoms with Gasteiger partial charge >= 0.3 is 0 Å². The number of anilines is 1. The zero-order valence-electron chi connectivity index (χ0n) is 12.8. The van der Waals surface area contributed by atoms with E-state index >= 15 is 0 Å². The van der Waals surface area contributed by atoms with Crippen LogP contribution in [0.1, 0.15) is 22.3 Å². The Morgan fingerprint density at radius 3 is 2.36 bits per heavy atom. The van der Waals surface area contributed by atoms with Gasteiger partial charge in [-0.05, 0) is 36.2 Å². The maximum atomic E-state index is 11.6. The Kier molecular flexibility index (Phi) is 5.98. The molecule has 116 valence electrons. The van der Waals surface area contributed by atoms with E-state index in [1.165, 1.54) is 0 Å². The number of para-hydroxylation sites is 1. The van der Waals surface area contributed by atoms with E-state index in [1.54, 1.807) is 7.05 Å². The smallest absolute Gasteiger partial charge is 0.251 e. The Bertz CT molecular complexity index is 582. The second-order valence-corrected chi connectivity index (χ2v) is 5.11. The molecule has 2 aromatic carbocycles. The van der Waals surface area contributed by atoms with Crippen molar-refractivity contribution in [1.29, 1.82) is 0 Å². The van der Waals surface area contributed by atoms with Crippen molar-refractivity contribution >= 4 is 11.6 Å². The van der Waals surface area contributed by atoms with Crippen molar-refractivity contribution in [3.63, 3.8) is 0 Å². The molecule has 2 rings (SSSR count). The van der Waals surface area contributed by atoms with E-state index < -0.39 is 0 Å². The van der Waals surface area contributed by atoms with Gasteiger partial charge in [-0.25, -0.2) is 0 Å². The minimum atomic E-state index is -0.0771. The van der Waals surface area contributed by atoms with Crippen LogP contribution >= 0.6 is 0 Å². The molecular formula is C18H22N2O2. The molecule has 2 N–H and O–H groups in total. The molecular weight excluding hydrogens is 276 g/mol. The minimum absolute atomic E-state index is 0.0771. The zero-order valence-corrected chi connectivity index (χ0v) is 12.8. The van der Waals surface area contributed by atoms with E-state index in [2.05, 4.69) is 22.3 Å². The third-order valence-corrected chi connectivity index (χ3v) is 3.52. The van der Waals surface area contributed by atoms with E-state index in [4.69, 9.17) is 5.11 Å². The number of amides is 1. The molecule has 0 saturated carbocycles. The molecule has 0 spiro atoms. The normalized spacial score (nSPS) is 10.3. The van der Waals surface area contributed by atoms with Gasteiger partial charge in [-0.1, -0.05) is 30.3 Å². The Labute approximate surface area is 131 Å². The number of hydrogen-bond acceptors (Lipinski definition) is 3. The number of aliphatic hydroxyl groups excluding tert-OH is 1. The van der Waals surface area contributed by atoms with Crippen LogP contribution in [0.2, 0.25) is 0 Å². The van der Waals surface area contributed by atoms with Gasteiger partial charge in [-0.15, -0.1) is 0 Å². The fourth-order valence-corrected chi connectivity index (χ4v) is 2.33. The third-order valence-electron chi connectivity index (χ3n) is 3.52. The van der Waals surface area contributed by atoms with Gasteiger partial charge < -0.3 is 15.3 Å². The SMILES string of the molecule is CNC(=O)c1ccc(CN(CCCO)c2ccccc2)cc1. The summed E-state index contributed by atoms with van der Waals surface area (Å²) in [6.07, 6.45) is 0.727. The van der Waals surface area contributed by atoms with Gasteiger partial charge in [0.15, 0.2) is 0 Å². The van der Waals surface area contributed by atoms with Gasteiger partial charge in [0.2, 0.25) is 0 Å². The molecule has 0 unspecified atom stereocenters. The van der Waals surface area contributed by atoms with Crippen molar-refractivity contribution in [3.05, 3.63) is 65.7 Å². The molecule has 0 saturated heterocycles. The van der Waals surface area contributed by atoms with E-state index in [-0.39, 0.29) is 12.5 Å². The topological polar surface area (TPSA) is 52.6 Å². The standard InChI is InChI=1S/C18H22N2O2/c1-19-18(22)16-10-8-15(9-11-16)14-20(12-5-13-21)17-6-3-2-4-7-17/h2-4,6-11,21H,5,12-14H2,1H3,(H,19,22). The first-order chi connectivity index (χ1) is 10.7. The summed E-state index contributed by atoms with van der Waals surface area (Å²) in [6, 6.07) is 17.8. The number of carbonyl (C=O) groups excluding carboxylic acids is 1. The number of nitrogens with one attached hydrogen (secondary N) is 1. The largest absolute Gasteiger partial charge is 0.396 e. The maximum absolute atomic E-state index is 11.6.